The van der Waals surface area contributed by atoms with Crippen molar-refractivity contribution < 1.29 is 9.53 Å². The van der Waals surface area contributed by atoms with Gasteiger partial charge in [0.25, 0.3) is 0 Å². The standard InChI is InChI=1S/C24H23N7O2S/c1-3-33-22(32)21-15(2)26-24(34-21)28-19-12-8-7-11-18(19)27-23(25)29-20-14-13-17(30-31-20)16-9-5-4-6-10-16/h4-14H,3H2,1-2H3,(H,26,28)(H3,25,27,29,31). The summed E-state index contributed by atoms with van der Waals surface area (Å²) in [5.41, 5.74) is 9.85. The minimum absolute atomic E-state index is 0.151. The molecule has 9 nitrogen and oxygen atoms in total. The summed E-state index contributed by atoms with van der Waals surface area (Å²) in [5.74, 6) is 0.149. The van der Waals surface area contributed by atoms with Gasteiger partial charge in [-0.3, -0.25) is 0 Å². The monoisotopic (exact) mass is 473 g/mol. The molecule has 0 saturated heterocycles. The van der Waals surface area contributed by atoms with E-state index in [0.717, 1.165) is 16.9 Å². The Morgan fingerprint density at radius 3 is 2.47 bits per heavy atom. The topological polar surface area (TPSA) is 127 Å². The zero-order chi connectivity index (χ0) is 23.9. The number of carbonyl (C=O) groups excluding carboxylic acids is 1. The number of aliphatic imine (C=N–C) groups is 1. The minimum Gasteiger partial charge on any atom is -0.462 e. The lowest BCUT2D eigenvalue weighted by Gasteiger charge is -2.11. The van der Waals surface area contributed by atoms with Crippen LogP contribution in [-0.2, 0) is 4.74 Å². The van der Waals surface area contributed by atoms with Gasteiger partial charge in [-0.15, -0.1) is 10.2 Å². The number of esters is 1. The molecule has 0 saturated carbocycles. The van der Waals surface area contributed by atoms with Crippen LogP contribution in [0.5, 0.6) is 0 Å². The third-order valence-electron chi connectivity index (χ3n) is 4.64. The van der Waals surface area contributed by atoms with E-state index in [4.69, 9.17) is 10.5 Å². The number of nitrogens with one attached hydrogen (secondary N) is 2. The van der Waals surface area contributed by atoms with Crippen LogP contribution in [0.15, 0.2) is 71.7 Å². The van der Waals surface area contributed by atoms with Gasteiger partial charge in [-0.25, -0.2) is 9.78 Å². The number of benzene rings is 2. The van der Waals surface area contributed by atoms with E-state index in [2.05, 4.69) is 30.8 Å². The van der Waals surface area contributed by atoms with Gasteiger partial charge in [0, 0.05) is 5.56 Å². The number of ether oxygens (including phenoxy) is 1. The van der Waals surface area contributed by atoms with Crippen molar-refractivity contribution in [2.45, 2.75) is 13.8 Å². The van der Waals surface area contributed by atoms with Gasteiger partial charge in [-0.2, -0.15) is 4.99 Å². The van der Waals surface area contributed by atoms with Crippen molar-refractivity contribution in [3.05, 3.63) is 77.3 Å². The molecule has 0 aliphatic carbocycles. The highest BCUT2D eigenvalue weighted by atomic mass is 32.1. The van der Waals surface area contributed by atoms with Crippen LogP contribution in [0.4, 0.5) is 22.3 Å². The molecule has 172 valence electrons. The SMILES string of the molecule is CCOC(=O)c1sc(Nc2ccccc2NC(N)=Nc2ccc(-c3ccccc3)nn2)nc1C. The number of hydrogen-bond donors (Lipinski definition) is 3. The number of aryl methyl sites for hydroxylation is 1. The van der Waals surface area contributed by atoms with Gasteiger partial charge < -0.3 is 21.1 Å². The molecule has 4 aromatic rings. The molecule has 0 spiro atoms. The molecule has 0 amide bonds. The fourth-order valence-corrected chi connectivity index (χ4v) is 3.96. The van der Waals surface area contributed by atoms with Gasteiger partial charge in [0.1, 0.15) is 4.88 Å². The summed E-state index contributed by atoms with van der Waals surface area (Å²) in [6.07, 6.45) is 0. The quantitative estimate of drug-likeness (QED) is 0.197. The van der Waals surface area contributed by atoms with Crippen molar-refractivity contribution in [2.24, 2.45) is 10.7 Å². The van der Waals surface area contributed by atoms with Crippen LogP contribution in [0.2, 0.25) is 0 Å². The number of nitrogens with zero attached hydrogens (tertiary/aromatic N) is 4. The summed E-state index contributed by atoms with van der Waals surface area (Å²) in [4.78, 5) is 21.3. The molecule has 2 aromatic carbocycles. The van der Waals surface area contributed by atoms with Crippen LogP contribution in [0.1, 0.15) is 22.3 Å². The second kappa shape index (κ2) is 10.5. The number of guanidine groups is 1. The summed E-state index contributed by atoms with van der Waals surface area (Å²) in [7, 11) is 0. The van der Waals surface area contributed by atoms with E-state index < -0.39 is 0 Å². The number of rotatable bonds is 7. The molecule has 34 heavy (non-hydrogen) atoms. The molecular formula is C24H23N7O2S. The highest BCUT2D eigenvalue weighted by Crippen LogP contribution is 2.30. The molecule has 0 atom stereocenters. The second-order valence-electron chi connectivity index (χ2n) is 7.09. The molecule has 2 aromatic heterocycles. The normalized spacial score (nSPS) is 11.2. The van der Waals surface area contributed by atoms with Crippen molar-refractivity contribution in [3.8, 4) is 11.3 Å². The molecule has 0 aliphatic heterocycles. The van der Waals surface area contributed by atoms with Crippen LogP contribution < -0.4 is 16.4 Å². The first-order valence-corrected chi connectivity index (χ1v) is 11.4. The first kappa shape index (κ1) is 22.9. The Hall–Kier alpha value is -4.31. The summed E-state index contributed by atoms with van der Waals surface area (Å²) in [5, 5.41) is 15.2. The number of hydrogen-bond acceptors (Lipinski definition) is 8. The van der Waals surface area contributed by atoms with Crippen LogP contribution >= 0.6 is 11.3 Å². The Labute approximate surface area is 200 Å². The van der Waals surface area contributed by atoms with E-state index in [0.29, 0.717) is 33.8 Å². The van der Waals surface area contributed by atoms with Crippen LogP contribution in [-0.4, -0.2) is 33.7 Å². The van der Waals surface area contributed by atoms with Crippen LogP contribution in [0.3, 0.4) is 0 Å². The maximum atomic E-state index is 12.1. The second-order valence-corrected chi connectivity index (χ2v) is 8.09. The Balaban J connectivity index is 1.48. The Kier molecular flexibility index (Phi) is 7.09. The Bertz CT molecular complexity index is 1300. The maximum Gasteiger partial charge on any atom is 0.350 e. The molecule has 10 heteroatoms. The number of aromatic nitrogens is 3. The number of thiazole rings is 1. The predicted octanol–water partition coefficient (Wildman–Crippen LogP) is 4.89. The molecule has 0 aliphatic rings. The molecule has 0 bridgehead atoms. The minimum atomic E-state index is -0.382. The number of para-hydroxylation sites is 2. The maximum absolute atomic E-state index is 12.1. The Morgan fingerprint density at radius 2 is 1.76 bits per heavy atom. The molecular weight excluding hydrogens is 450 g/mol. The molecule has 0 fully saturated rings. The smallest absolute Gasteiger partial charge is 0.350 e. The predicted molar refractivity (Wildman–Crippen MR) is 135 cm³/mol. The molecule has 0 unspecified atom stereocenters. The fourth-order valence-electron chi connectivity index (χ4n) is 3.09. The average Bonchev–Trinajstić information content (AvgIpc) is 3.21. The van der Waals surface area contributed by atoms with Crippen LogP contribution in [0, 0.1) is 6.92 Å². The molecule has 4 rings (SSSR count). The van der Waals surface area contributed by atoms with Gasteiger partial charge in [-0.05, 0) is 38.1 Å². The first-order valence-electron chi connectivity index (χ1n) is 10.5. The lowest BCUT2D eigenvalue weighted by atomic mass is 10.1. The van der Waals surface area contributed by atoms with E-state index in [1.54, 1.807) is 19.9 Å². The summed E-state index contributed by atoms with van der Waals surface area (Å²) < 4.78 is 5.09. The van der Waals surface area contributed by atoms with E-state index in [1.165, 1.54) is 11.3 Å². The van der Waals surface area contributed by atoms with E-state index in [1.807, 2.05) is 60.7 Å². The summed E-state index contributed by atoms with van der Waals surface area (Å²) in [6, 6.07) is 20.8. The van der Waals surface area contributed by atoms with Gasteiger partial charge in [0.2, 0.25) is 0 Å². The highest BCUT2D eigenvalue weighted by molar-refractivity contribution is 7.17. The van der Waals surface area contributed by atoms with Gasteiger partial charge in [-0.1, -0.05) is 53.8 Å². The lowest BCUT2D eigenvalue weighted by molar-refractivity contribution is 0.0531. The van der Waals surface area contributed by atoms with Crippen molar-refractivity contribution in [1.29, 1.82) is 0 Å². The number of nitrogens with two attached hydrogens (primary N) is 1. The third kappa shape index (κ3) is 5.54. The van der Waals surface area contributed by atoms with Crippen molar-refractivity contribution in [2.75, 3.05) is 17.2 Å². The zero-order valence-electron chi connectivity index (χ0n) is 18.6. The Morgan fingerprint density at radius 1 is 1.03 bits per heavy atom. The van der Waals surface area contributed by atoms with Crippen molar-refractivity contribution in [3.63, 3.8) is 0 Å². The zero-order valence-corrected chi connectivity index (χ0v) is 19.5. The van der Waals surface area contributed by atoms with Gasteiger partial charge >= 0.3 is 5.97 Å². The molecule has 2 heterocycles. The average molecular weight is 474 g/mol. The largest absolute Gasteiger partial charge is 0.462 e. The number of carbonyl (C=O) groups is 1. The van der Waals surface area contributed by atoms with Gasteiger partial charge in [0.15, 0.2) is 16.9 Å². The fraction of sp³-hybridized carbons (Fsp3) is 0.125. The van der Waals surface area contributed by atoms with E-state index in [-0.39, 0.29) is 11.9 Å². The highest BCUT2D eigenvalue weighted by Gasteiger charge is 2.17. The van der Waals surface area contributed by atoms with E-state index >= 15 is 0 Å². The summed E-state index contributed by atoms with van der Waals surface area (Å²) >= 11 is 1.23. The molecule has 0 radical (unpaired) electrons. The third-order valence-corrected chi connectivity index (χ3v) is 5.70. The van der Waals surface area contributed by atoms with Crippen molar-refractivity contribution in [1.82, 2.24) is 15.2 Å². The number of anilines is 3. The van der Waals surface area contributed by atoms with Gasteiger partial charge in [0.05, 0.1) is 29.4 Å². The summed E-state index contributed by atoms with van der Waals surface area (Å²) in [6.45, 7) is 3.85. The van der Waals surface area contributed by atoms with E-state index in [9.17, 15) is 4.79 Å². The lowest BCUT2D eigenvalue weighted by Crippen LogP contribution is -2.22. The molecule has 4 N–H and O–H groups in total. The first-order chi connectivity index (χ1) is 16.5. The van der Waals surface area contributed by atoms with Crippen LogP contribution in [0.25, 0.3) is 11.3 Å². The van der Waals surface area contributed by atoms with Crippen molar-refractivity contribution >= 4 is 45.6 Å².